The average molecular weight is 544 g/mol. The molecule has 7 nitrogen and oxygen atoms in total. The van der Waals surface area contributed by atoms with Crippen LogP contribution < -0.4 is 10.5 Å². The van der Waals surface area contributed by atoms with Gasteiger partial charge in [-0.15, -0.1) is 0 Å². The van der Waals surface area contributed by atoms with E-state index in [1.54, 1.807) is 4.90 Å². The fraction of sp³-hybridized carbons (Fsp3) is 0.464. The molecule has 4 rings (SSSR count). The topological polar surface area (TPSA) is 90.0 Å². The van der Waals surface area contributed by atoms with E-state index in [9.17, 15) is 23.2 Å². The second kappa shape index (κ2) is 10.8. The predicted molar refractivity (Wildman–Crippen MR) is 144 cm³/mol. The van der Waals surface area contributed by atoms with Gasteiger partial charge in [-0.1, -0.05) is 51.2 Å². The molecule has 0 radical (unpaired) electrons. The van der Waals surface area contributed by atoms with Gasteiger partial charge in [0.15, 0.2) is 0 Å². The molecule has 2 heterocycles. The Morgan fingerprint density at radius 1 is 1.08 bits per heavy atom. The predicted octanol–water partition coefficient (Wildman–Crippen LogP) is 4.53. The van der Waals surface area contributed by atoms with Crippen LogP contribution in [0.25, 0.3) is 0 Å². The smallest absolute Gasteiger partial charge is 0.320 e. The van der Waals surface area contributed by atoms with Gasteiger partial charge in [-0.25, -0.2) is 13.6 Å². The number of urea groups is 1. The van der Waals surface area contributed by atoms with Crippen molar-refractivity contribution in [3.8, 4) is 0 Å². The van der Waals surface area contributed by atoms with Crippen LogP contribution in [0.4, 0.5) is 19.3 Å². The highest BCUT2D eigenvalue weighted by Gasteiger charge is 2.41. The van der Waals surface area contributed by atoms with Crippen molar-refractivity contribution in [2.24, 2.45) is 5.92 Å². The molecule has 0 unspecified atom stereocenters. The number of halogens is 2. The Morgan fingerprint density at radius 3 is 2.32 bits per heavy atom. The molecule has 1 saturated heterocycles. The van der Waals surface area contributed by atoms with Crippen LogP contribution in [-0.2, 0) is 22.4 Å². The van der Waals surface area contributed by atoms with Crippen LogP contribution >= 0.6 is 0 Å². The van der Waals surface area contributed by atoms with Gasteiger partial charge in [0.05, 0.1) is 14.5 Å². The average Bonchev–Trinajstić information content (AvgIpc) is 2.78. The lowest BCUT2D eigenvalue weighted by molar-refractivity contribution is -0.139. The van der Waals surface area contributed by atoms with E-state index < -0.39 is 37.6 Å². The highest BCUT2D eigenvalue weighted by Crippen LogP contribution is 2.34. The molecule has 10 heteroatoms. The Morgan fingerprint density at radius 2 is 1.74 bits per heavy atom. The number of aliphatic carboxylic acids is 1. The van der Waals surface area contributed by atoms with Crippen LogP contribution in [0.3, 0.4) is 0 Å². The highest BCUT2D eigenvalue weighted by atomic mass is 28.3. The number of carbonyl (C=O) groups excluding carboxylic acids is 2. The number of carbonyl (C=O) groups is 3. The summed E-state index contributed by atoms with van der Waals surface area (Å²) in [5.74, 6) is -2.96. The van der Waals surface area contributed by atoms with E-state index >= 15 is 0 Å². The third kappa shape index (κ3) is 5.74. The Balaban J connectivity index is 1.63. The molecular formula is C28H35F2N3O4Si. The van der Waals surface area contributed by atoms with Gasteiger partial charge in [0.25, 0.3) is 5.91 Å². The number of amides is 3. The van der Waals surface area contributed by atoms with Crippen LogP contribution in [-0.4, -0.2) is 60.5 Å². The Hall–Kier alpha value is -3.27. The van der Waals surface area contributed by atoms with Crippen LogP contribution in [0.2, 0.25) is 19.6 Å². The highest BCUT2D eigenvalue weighted by molar-refractivity contribution is 6.88. The number of fused-ring (bicyclic) bond motifs is 1. The van der Waals surface area contributed by atoms with Crippen LogP contribution in [0.5, 0.6) is 0 Å². The SMILES string of the molecule is CCCc1ccc2c(c1)CCN(C(=O)N1CC(CC(=O)O)C1)[C@H]2C(=O)Nc1cc(F)c([Si](C)(C)C)c(F)c1. The molecule has 2 aliphatic heterocycles. The summed E-state index contributed by atoms with van der Waals surface area (Å²) in [4.78, 5) is 41.1. The molecule has 0 bridgehead atoms. The van der Waals surface area contributed by atoms with Crippen molar-refractivity contribution in [2.75, 3.05) is 25.0 Å². The Kier molecular flexibility index (Phi) is 7.92. The summed E-state index contributed by atoms with van der Waals surface area (Å²) < 4.78 is 29.8. The third-order valence-electron chi connectivity index (χ3n) is 7.22. The van der Waals surface area contributed by atoms with E-state index in [0.29, 0.717) is 31.6 Å². The van der Waals surface area contributed by atoms with Crippen molar-refractivity contribution in [3.05, 3.63) is 58.7 Å². The zero-order valence-corrected chi connectivity index (χ0v) is 23.3. The Labute approximate surface area is 222 Å². The molecular weight excluding hydrogens is 508 g/mol. The summed E-state index contributed by atoms with van der Waals surface area (Å²) in [6, 6.07) is 6.83. The maximum atomic E-state index is 14.9. The fourth-order valence-electron chi connectivity index (χ4n) is 5.47. The van der Waals surface area contributed by atoms with Crippen molar-refractivity contribution in [1.29, 1.82) is 0 Å². The van der Waals surface area contributed by atoms with E-state index in [1.165, 1.54) is 4.90 Å². The van der Waals surface area contributed by atoms with Gasteiger partial charge in [0.2, 0.25) is 0 Å². The number of hydrogen-bond acceptors (Lipinski definition) is 3. The zero-order chi connectivity index (χ0) is 27.8. The number of hydrogen-bond donors (Lipinski definition) is 2. The first-order valence-corrected chi connectivity index (χ1v) is 16.6. The van der Waals surface area contributed by atoms with Crippen molar-refractivity contribution in [3.63, 3.8) is 0 Å². The monoisotopic (exact) mass is 543 g/mol. The summed E-state index contributed by atoms with van der Waals surface area (Å²) in [5, 5.41) is 11.8. The summed E-state index contributed by atoms with van der Waals surface area (Å²) in [5.41, 5.74) is 2.80. The van der Waals surface area contributed by atoms with Gasteiger partial charge in [-0.2, -0.15) is 0 Å². The van der Waals surface area contributed by atoms with Crippen molar-refractivity contribution < 1.29 is 28.3 Å². The molecule has 3 amide bonds. The summed E-state index contributed by atoms with van der Waals surface area (Å²) in [6.45, 7) is 8.55. The lowest BCUT2D eigenvalue weighted by atomic mass is 9.89. The normalized spacial score (nSPS) is 17.6. The first-order valence-electron chi connectivity index (χ1n) is 13.1. The molecule has 0 saturated carbocycles. The quantitative estimate of drug-likeness (QED) is 0.503. The number of aryl methyl sites for hydroxylation is 1. The number of benzene rings is 2. The second-order valence-corrected chi connectivity index (χ2v) is 16.3. The summed E-state index contributed by atoms with van der Waals surface area (Å²) >= 11 is 0. The van der Waals surface area contributed by atoms with Gasteiger partial charge in [0, 0.05) is 36.4 Å². The van der Waals surface area contributed by atoms with Crippen molar-refractivity contribution in [2.45, 2.75) is 58.3 Å². The van der Waals surface area contributed by atoms with Crippen molar-refractivity contribution >= 4 is 36.9 Å². The number of anilines is 1. The van der Waals surface area contributed by atoms with E-state index in [-0.39, 0.29) is 29.2 Å². The molecule has 2 aliphatic rings. The molecule has 2 aromatic carbocycles. The summed E-state index contributed by atoms with van der Waals surface area (Å²) in [7, 11) is -2.29. The van der Waals surface area contributed by atoms with E-state index in [4.69, 9.17) is 5.11 Å². The first-order chi connectivity index (χ1) is 17.9. The van der Waals surface area contributed by atoms with Gasteiger partial charge in [0.1, 0.15) is 17.7 Å². The minimum absolute atomic E-state index is 0.000372. The Bertz CT molecular complexity index is 1230. The molecule has 0 spiro atoms. The fourth-order valence-corrected chi connectivity index (χ4v) is 7.05. The lowest BCUT2D eigenvalue weighted by Gasteiger charge is -2.45. The first kappa shape index (κ1) is 27.8. The molecule has 1 fully saturated rings. The number of nitrogens with one attached hydrogen (secondary N) is 1. The minimum atomic E-state index is -2.29. The van der Waals surface area contributed by atoms with Crippen LogP contribution in [0, 0.1) is 17.6 Å². The lowest BCUT2D eigenvalue weighted by Crippen LogP contribution is -2.58. The zero-order valence-electron chi connectivity index (χ0n) is 22.3. The molecule has 0 aromatic heterocycles. The largest absolute Gasteiger partial charge is 0.481 e. The molecule has 0 aliphatic carbocycles. The van der Waals surface area contributed by atoms with Gasteiger partial charge in [-0.3, -0.25) is 9.59 Å². The minimum Gasteiger partial charge on any atom is -0.481 e. The molecule has 1 atom stereocenters. The van der Waals surface area contributed by atoms with E-state index in [0.717, 1.165) is 36.1 Å². The number of carboxylic acid groups (broad SMARTS) is 1. The van der Waals surface area contributed by atoms with E-state index in [2.05, 4.69) is 18.3 Å². The number of rotatable bonds is 7. The maximum Gasteiger partial charge on any atom is 0.320 e. The molecule has 204 valence electrons. The third-order valence-corrected chi connectivity index (χ3v) is 9.20. The molecule has 2 aromatic rings. The van der Waals surface area contributed by atoms with Gasteiger partial charge < -0.3 is 20.2 Å². The summed E-state index contributed by atoms with van der Waals surface area (Å²) in [6.07, 6.45) is 2.43. The van der Waals surface area contributed by atoms with Crippen LogP contribution in [0.1, 0.15) is 42.5 Å². The molecule has 38 heavy (non-hydrogen) atoms. The molecule has 2 N–H and O–H groups in total. The number of carboxylic acids is 1. The number of nitrogens with zero attached hydrogens (tertiary/aromatic N) is 2. The maximum absolute atomic E-state index is 14.9. The van der Waals surface area contributed by atoms with Crippen LogP contribution in [0.15, 0.2) is 30.3 Å². The van der Waals surface area contributed by atoms with E-state index in [1.807, 2.05) is 31.8 Å². The second-order valence-electron chi connectivity index (χ2n) is 11.3. The van der Waals surface area contributed by atoms with Gasteiger partial charge >= 0.3 is 12.0 Å². The van der Waals surface area contributed by atoms with Gasteiger partial charge in [-0.05, 0) is 41.7 Å². The number of likely N-dealkylation sites (tertiary alicyclic amines) is 1. The standard InChI is InChI=1S/C28H35F2N3O4Si/c1-5-6-17-7-8-21-19(11-17)9-10-33(28(37)32-15-18(16-32)12-24(34)35)25(21)27(36)31-20-13-22(29)26(23(30)14-20)38(2,3)4/h7-8,11,13-14,18,25H,5-6,9-10,12,15-16H2,1-4H3,(H,31,36)(H,34,35)/t25-/m1/s1. The van der Waals surface area contributed by atoms with Crippen molar-refractivity contribution in [1.82, 2.24) is 9.80 Å².